The molecule has 1 aliphatic heterocycles. The number of epoxide rings is 1. The van der Waals surface area contributed by atoms with Crippen molar-refractivity contribution in [3.05, 3.63) is 48.6 Å². The molecule has 0 spiro atoms. The van der Waals surface area contributed by atoms with Gasteiger partial charge >= 0.3 is 0 Å². The van der Waals surface area contributed by atoms with Crippen LogP contribution in [0.25, 0.3) is 0 Å². The predicted octanol–water partition coefficient (Wildman–Crippen LogP) is 2.96. The Balaban J connectivity index is 1.83. The summed E-state index contributed by atoms with van der Waals surface area (Å²) in [5.41, 5.74) is 1.34. The molecule has 1 aromatic rings. The zero-order valence-electron chi connectivity index (χ0n) is 8.57. The van der Waals surface area contributed by atoms with Crippen LogP contribution >= 0.6 is 0 Å². The van der Waals surface area contributed by atoms with E-state index in [4.69, 9.17) is 4.74 Å². The second kappa shape index (κ2) is 3.58. The van der Waals surface area contributed by atoms with E-state index in [2.05, 4.69) is 37.8 Å². The molecule has 1 heterocycles. The first-order chi connectivity index (χ1) is 6.74. The Morgan fingerprint density at radius 1 is 1.43 bits per heavy atom. The van der Waals surface area contributed by atoms with Gasteiger partial charge in [0.05, 0.1) is 6.10 Å². The lowest BCUT2D eigenvalue weighted by molar-refractivity contribution is 0.338. The fourth-order valence-electron chi connectivity index (χ4n) is 1.74. The minimum atomic E-state index is -0.0468. The molecular formula is C13H16O. The summed E-state index contributed by atoms with van der Waals surface area (Å²) >= 11 is 0. The van der Waals surface area contributed by atoms with Crippen LogP contribution in [0.3, 0.4) is 0 Å². The van der Waals surface area contributed by atoms with E-state index in [1.807, 2.05) is 12.1 Å². The van der Waals surface area contributed by atoms with Crippen molar-refractivity contribution in [2.45, 2.75) is 31.5 Å². The first-order valence-electron chi connectivity index (χ1n) is 5.10. The number of rotatable bonds is 4. The van der Waals surface area contributed by atoms with E-state index in [1.165, 1.54) is 5.56 Å². The van der Waals surface area contributed by atoms with Crippen LogP contribution < -0.4 is 0 Å². The molecule has 0 aliphatic carbocycles. The third kappa shape index (κ3) is 1.88. The Hall–Kier alpha value is -1.08. The third-order valence-corrected chi connectivity index (χ3v) is 2.92. The average Bonchev–Trinajstić information content (AvgIpc) is 2.90. The van der Waals surface area contributed by atoms with Crippen molar-refractivity contribution in [3.8, 4) is 0 Å². The van der Waals surface area contributed by atoms with E-state index in [-0.39, 0.29) is 5.60 Å². The lowest BCUT2D eigenvalue weighted by Gasteiger charge is -1.99. The molecule has 14 heavy (non-hydrogen) atoms. The Bertz CT molecular complexity index is 317. The number of ether oxygens (including phenoxy) is 1. The molecule has 2 atom stereocenters. The quantitative estimate of drug-likeness (QED) is 0.522. The van der Waals surface area contributed by atoms with Gasteiger partial charge in [-0.1, -0.05) is 36.4 Å². The van der Waals surface area contributed by atoms with Gasteiger partial charge in [-0.2, -0.15) is 0 Å². The molecule has 1 saturated heterocycles. The summed E-state index contributed by atoms with van der Waals surface area (Å²) in [6, 6.07) is 10.5. The molecule has 1 fully saturated rings. The van der Waals surface area contributed by atoms with Gasteiger partial charge in [0.25, 0.3) is 0 Å². The molecule has 1 nitrogen and oxygen atoms in total. The number of hydrogen-bond acceptors (Lipinski definition) is 1. The van der Waals surface area contributed by atoms with Gasteiger partial charge in [0.2, 0.25) is 0 Å². The monoisotopic (exact) mass is 188 g/mol. The lowest BCUT2D eigenvalue weighted by Crippen LogP contribution is -2.05. The molecule has 74 valence electrons. The Kier molecular flexibility index (Phi) is 2.42. The van der Waals surface area contributed by atoms with Crippen LogP contribution in [0.15, 0.2) is 43.0 Å². The fraction of sp³-hybridized carbons (Fsp3) is 0.385. The van der Waals surface area contributed by atoms with Crippen LogP contribution in [0.5, 0.6) is 0 Å². The standard InChI is InChI=1S/C13H16O/c1-3-13(2)12(14-13)10-9-11-7-5-4-6-8-11/h3-8,12H,1,9-10H2,2H3/t12-,13+/m1/s1. The van der Waals surface area contributed by atoms with Gasteiger partial charge in [0.1, 0.15) is 5.60 Å². The number of hydrogen-bond donors (Lipinski definition) is 0. The maximum atomic E-state index is 5.56. The molecule has 0 amide bonds. The second-order valence-corrected chi connectivity index (χ2v) is 4.02. The van der Waals surface area contributed by atoms with Crippen LogP contribution in [-0.4, -0.2) is 11.7 Å². The van der Waals surface area contributed by atoms with Gasteiger partial charge < -0.3 is 4.74 Å². The Morgan fingerprint density at radius 2 is 2.14 bits per heavy atom. The number of aryl methyl sites for hydroxylation is 1. The van der Waals surface area contributed by atoms with Crippen molar-refractivity contribution < 1.29 is 4.74 Å². The predicted molar refractivity (Wildman–Crippen MR) is 58.2 cm³/mol. The highest BCUT2D eigenvalue weighted by molar-refractivity contribution is 5.17. The summed E-state index contributed by atoms with van der Waals surface area (Å²) < 4.78 is 5.56. The minimum Gasteiger partial charge on any atom is -0.362 e. The molecule has 1 aromatic carbocycles. The van der Waals surface area contributed by atoms with Crippen molar-refractivity contribution in [2.24, 2.45) is 0 Å². The summed E-state index contributed by atoms with van der Waals surface area (Å²) in [4.78, 5) is 0. The molecule has 1 heteroatoms. The van der Waals surface area contributed by atoms with Gasteiger partial charge in [-0.15, -0.1) is 6.58 Å². The van der Waals surface area contributed by atoms with Crippen molar-refractivity contribution in [3.63, 3.8) is 0 Å². The van der Waals surface area contributed by atoms with Crippen molar-refractivity contribution >= 4 is 0 Å². The second-order valence-electron chi connectivity index (χ2n) is 4.02. The fourth-order valence-corrected chi connectivity index (χ4v) is 1.74. The molecular weight excluding hydrogens is 172 g/mol. The van der Waals surface area contributed by atoms with Crippen LogP contribution in [-0.2, 0) is 11.2 Å². The molecule has 0 N–H and O–H groups in total. The molecule has 0 aromatic heterocycles. The summed E-state index contributed by atoms with van der Waals surface area (Å²) in [5, 5.41) is 0. The highest BCUT2D eigenvalue weighted by Gasteiger charge is 2.48. The van der Waals surface area contributed by atoms with Gasteiger partial charge in [0, 0.05) is 0 Å². The minimum absolute atomic E-state index is 0.0468. The van der Waals surface area contributed by atoms with E-state index in [1.54, 1.807) is 0 Å². The summed E-state index contributed by atoms with van der Waals surface area (Å²) in [6.07, 6.45) is 4.46. The highest BCUT2D eigenvalue weighted by atomic mass is 16.6. The van der Waals surface area contributed by atoms with Crippen LogP contribution in [0, 0.1) is 0 Å². The Morgan fingerprint density at radius 3 is 2.71 bits per heavy atom. The van der Waals surface area contributed by atoms with E-state index in [0.29, 0.717) is 6.10 Å². The first kappa shape index (κ1) is 9.47. The number of benzene rings is 1. The van der Waals surface area contributed by atoms with Gasteiger partial charge in [-0.25, -0.2) is 0 Å². The zero-order chi connectivity index (χ0) is 10.0. The zero-order valence-corrected chi connectivity index (χ0v) is 8.57. The molecule has 0 bridgehead atoms. The molecule has 1 aliphatic rings. The van der Waals surface area contributed by atoms with E-state index >= 15 is 0 Å². The summed E-state index contributed by atoms with van der Waals surface area (Å²) in [7, 11) is 0. The van der Waals surface area contributed by atoms with Crippen molar-refractivity contribution in [1.82, 2.24) is 0 Å². The highest BCUT2D eigenvalue weighted by Crippen LogP contribution is 2.39. The summed E-state index contributed by atoms with van der Waals surface area (Å²) in [5.74, 6) is 0. The largest absolute Gasteiger partial charge is 0.362 e. The topological polar surface area (TPSA) is 12.5 Å². The third-order valence-electron chi connectivity index (χ3n) is 2.92. The molecule has 0 saturated carbocycles. The molecule has 0 radical (unpaired) electrons. The van der Waals surface area contributed by atoms with Crippen molar-refractivity contribution in [2.75, 3.05) is 0 Å². The van der Waals surface area contributed by atoms with Crippen LogP contribution in [0.1, 0.15) is 18.9 Å². The maximum Gasteiger partial charge on any atom is 0.110 e. The average molecular weight is 188 g/mol. The molecule has 0 unspecified atom stereocenters. The maximum absolute atomic E-state index is 5.56. The van der Waals surface area contributed by atoms with Crippen LogP contribution in [0.2, 0.25) is 0 Å². The lowest BCUT2D eigenvalue weighted by atomic mass is 10.0. The smallest absolute Gasteiger partial charge is 0.110 e. The van der Waals surface area contributed by atoms with Crippen molar-refractivity contribution in [1.29, 1.82) is 0 Å². The molecule has 2 rings (SSSR count). The van der Waals surface area contributed by atoms with E-state index in [9.17, 15) is 0 Å². The van der Waals surface area contributed by atoms with E-state index in [0.717, 1.165) is 12.8 Å². The first-order valence-corrected chi connectivity index (χ1v) is 5.10. The normalized spacial score (nSPS) is 29.9. The van der Waals surface area contributed by atoms with Gasteiger partial charge in [-0.05, 0) is 25.3 Å². The summed E-state index contributed by atoms with van der Waals surface area (Å²) in [6.45, 7) is 5.87. The SMILES string of the molecule is C=C[C@]1(C)O[C@@H]1CCc1ccccc1. The van der Waals surface area contributed by atoms with Gasteiger partial charge in [-0.3, -0.25) is 0 Å². The van der Waals surface area contributed by atoms with Crippen LogP contribution in [0.4, 0.5) is 0 Å². The van der Waals surface area contributed by atoms with Gasteiger partial charge in [0.15, 0.2) is 0 Å². The Labute approximate surface area is 85.4 Å². The van der Waals surface area contributed by atoms with E-state index < -0.39 is 0 Å².